The summed E-state index contributed by atoms with van der Waals surface area (Å²) in [5.41, 5.74) is 0. The van der Waals surface area contributed by atoms with E-state index >= 15 is 0 Å². The Morgan fingerprint density at radius 1 is 1.40 bits per heavy atom. The summed E-state index contributed by atoms with van der Waals surface area (Å²) in [6.07, 6.45) is 9.50. The number of rotatable bonds is 5. The Bertz CT molecular complexity index is 82.0. The van der Waals surface area contributed by atoms with Crippen LogP contribution in [-0.2, 0) is 0 Å². The predicted molar refractivity (Wildman–Crippen MR) is 47.8 cm³/mol. The molecule has 59 valence electrons. The Balaban J connectivity index is 3.13. The van der Waals surface area contributed by atoms with Crippen LogP contribution < -0.4 is 0 Å². The van der Waals surface area contributed by atoms with Crippen LogP contribution >= 0.6 is 0 Å². The average Bonchev–Trinajstić information content (AvgIpc) is 1.89. The second-order valence-corrected chi connectivity index (χ2v) is 2.78. The van der Waals surface area contributed by atoms with E-state index in [0.29, 0.717) is 5.92 Å². The topological polar surface area (TPSA) is 0 Å². The molecule has 1 unspecified atom stereocenters. The van der Waals surface area contributed by atoms with Gasteiger partial charge in [-0.2, -0.15) is 0 Å². The molecule has 0 heterocycles. The van der Waals surface area contributed by atoms with Crippen LogP contribution in [0, 0.1) is 12.8 Å². The van der Waals surface area contributed by atoms with Gasteiger partial charge in [0.2, 0.25) is 0 Å². The highest BCUT2D eigenvalue weighted by Crippen LogP contribution is 2.09. The summed E-state index contributed by atoms with van der Waals surface area (Å²) in [4.78, 5) is 0. The lowest BCUT2D eigenvalue weighted by molar-refractivity contribution is 0.609. The van der Waals surface area contributed by atoms with E-state index in [4.69, 9.17) is 0 Å². The van der Waals surface area contributed by atoms with Crippen molar-refractivity contribution in [3.63, 3.8) is 0 Å². The molecule has 0 spiro atoms. The zero-order valence-corrected chi connectivity index (χ0v) is 7.27. The quantitative estimate of drug-likeness (QED) is 0.403. The molecule has 10 heavy (non-hydrogen) atoms. The Kier molecular flexibility index (Phi) is 6.68. The van der Waals surface area contributed by atoms with Crippen LogP contribution in [0.5, 0.6) is 0 Å². The summed E-state index contributed by atoms with van der Waals surface area (Å²) in [5, 5.41) is 0. The minimum atomic E-state index is 0.538. The van der Waals surface area contributed by atoms with Crippen LogP contribution in [0.1, 0.15) is 39.5 Å². The van der Waals surface area contributed by atoms with Gasteiger partial charge in [0.15, 0.2) is 0 Å². The highest BCUT2D eigenvalue weighted by molar-refractivity contribution is 4.86. The molecule has 0 aromatic heterocycles. The monoisotopic (exact) mass is 139 g/mol. The van der Waals surface area contributed by atoms with Crippen LogP contribution in [-0.4, -0.2) is 0 Å². The zero-order valence-electron chi connectivity index (χ0n) is 7.27. The van der Waals surface area contributed by atoms with Gasteiger partial charge >= 0.3 is 0 Å². The number of unbranched alkanes of at least 4 members (excludes halogenated alkanes) is 2. The van der Waals surface area contributed by atoms with Crippen LogP contribution in [0.25, 0.3) is 0 Å². The van der Waals surface area contributed by atoms with E-state index < -0.39 is 0 Å². The first-order chi connectivity index (χ1) is 4.81. The van der Waals surface area contributed by atoms with Gasteiger partial charge in [-0.3, -0.25) is 0 Å². The normalized spacial score (nSPS) is 14.3. The molecule has 1 atom stereocenters. The third kappa shape index (κ3) is 5.87. The van der Waals surface area contributed by atoms with Crippen LogP contribution in [0.2, 0.25) is 0 Å². The van der Waals surface area contributed by atoms with Gasteiger partial charge < -0.3 is 0 Å². The Labute approximate surface area is 65.3 Å². The van der Waals surface area contributed by atoms with Crippen molar-refractivity contribution in [1.29, 1.82) is 0 Å². The highest BCUT2D eigenvalue weighted by Gasteiger charge is 1.94. The lowest BCUT2D eigenvalue weighted by Crippen LogP contribution is -1.88. The first-order valence-corrected chi connectivity index (χ1v) is 4.27. The summed E-state index contributed by atoms with van der Waals surface area (Å²) >= 11 is 0. The smallest absolute Gasteiger partial charge is 0.0233 e. The fraction of sp³-hybridized carbons (Fsp3) is 0.700. The van der Waals surface area contributed by atoms with E-state index in [2.05, 4.69) is 32.9 Å². The molecule has 0 amide bonds. The second kappa shape index (κ2) is 6.85. The van der Waals surface area contributed by atoms with Crippen LogP contribution in [0.15, 0.2) is 12.2 Å². The minimum Gasteiger partial charge on any atom is -0.0914 e. The van der Waals surface area contributed by atoms with Gasteiger partial charge in [0.1, 0.15) is 0 Å². The second-order valence-electron chi connectivity index (χ2n) is 2.78. The van der Waals surface area contributed by atoms with E-state index in [9.17, 15) is 0 Å². The first-order valence-electron chi connectivity index (χ1n) is 4.27. The van der Waals surface area contributed by atoms with E-state index in [1.165, 1.54) is 25.7 Å². The van der Waals surface area contributed by atoms with Crippen molar-refractivity contribution in [1.82, 2.24) is 0 Å². The standard InChI is InChI=1S/C10H19/c1-4-6-7-9-10(3)8-5-2/h5,8,10H,3-4,6-7,9H2,1-2H3. The van der Waals surface area contributed by atoms with Crippen molar-refractivity contribution in [2.45, 2.75) is 39.5 Å². The summed E-state index contributed by atoms with van der Waals surface area (Å²) in [7, 11) is 0. The molecule has 0 aliphatic rings. The van der Waals surface area contributed by atoms with Crippen molar-refractivity contribution < 1.29 is 0 Å². The number of hydrogen-bond donors (Lipinski definition) is 0. The third-order valence-electron chi connectivity index (χ3n) is 1.64. The fourth-order valence-electron chi connectivity index (χ4n) is 1.02. The van der Waals surface area contributed by atoms with Gasteiger partial charge in [-0.05, 0) is 26.2 Å². The van der Waals surface area contributed by atoms with Gasteiger partial charge in [0.25, 0.3) is 0 Å². The maximum atomic E-state index is 4.01. The van der Waals surface area contributed by atoms with Gasteiger partial charge in [-0.15, -0.1) is 0 Å². The summed E-state index contributed by atoms with van der Waals surface area (Å²) in [6, 6.07) is 0. The van der Waals surface area contributed by atoms with Crippen LogP contribution in [0.4, 0.5) is 0 Å². The molecule has 0 rings (SSSR count). The molecule has 0 saturated heterocycles. The zero-order chi connectivity index (χ0) is 7.82. The van der Waals surface area contributed by atoms with Gasteiger partial charge in [-0.1, -0.05) is 38.3 Å². The Morgan fingerprint density at radius 2 is 2.10 bits per heavy atom. The van der Waals surface area contributed by atoms with Crippen LogP contribution in [0.3, 0.4) is 0 Å². The number of hydrogen-bond acceptors (Lipinski definition) is 0. The predicted octanol–water partition coefficient (Wildman–Crippen LogP) is 3.59. The summed E-state index contributed by atoms with van der Waals surface area (Å²) < 4.78 is 0. The van der Waals surface area contributed by atoms with E-state index in [1.807, 2.05) is 0 Å². The van der Waals surface area contributed by atoms with Crippen molar-refractivity contribution in [2.75, 3.05) is 0 Å². The lowest BCUT2D eigenvalue weighted by atomic mass is 10.0. The molecule has 0 bridgehead atoms. The molecule has 0 nitrogen and oxygen atoms in total. The average molecular weight is 139 g/mol. The molecular weight excluding hydrogens is 120 g/mol. The lowest BCUT2D eigenvalue weighted by Gasteiger charge is -2.03. The molecule has 0 aromatic carbocycles. The van der Waals surface area contributed by atoms with Crippen molar-refractivity contribution in [3.05, 3.63) is 19.1 Å². The third-order valence-corrected chi connectivity index (χ3v) is 1.64. The maximum absolute atomic E-state index is 4.01. The molecule has 0 heteroatoms. The molecule has 0 fully saturated rings. The largest absolute Gasteiger partial charge is 0.0914 e. The SMILES string of the molecule is [CH2]C(C=CC)CCCCC. The summed E-state index contributed by atoms with van der Waals surface area (Å²) in [5.74, 6) is 0.538. The van der Waals surface area contributed by atoms with Crippen molar-refractivity contribution >= 4 is 0 Å². The van der Waals surface area contributed by atoms with Crippen molar-refractivity contribution in [2.24, 2.45) is 5.92 Å². The van der Waals surface area contributed by atoms with E-state index in [0.717, 1.165) is 0 Å². The molecule has 1 radical (unpaired) electrons. The van der Waals surface area contributed by atoms with Gasteiger partial charge in [-0.25, -0.2) is 0 Å². The van der Waals surface area contributed by atoms with E-state index in [1.54, 1.807) is 0 Å². The Hall–Kier alpha value is -0.260. The number of allylic oxidation sites excluding steroid dienone is 2. The molecule has 0 aromatic rings. The first kappa shape index (κ1) is 9.74. The molecule has 0 aliphatic carbocycles. The van der Waals surface area contributed by atoms with Gasteiger partial charge in [0.05, 0.1) is 0 Å². The molecule has 0 aliphatic heterocycles. The fourth-order valence-corrected chi connectivity index (χ4v) is 1.02. The maximum Gasteiger partial charge on any atom is -0.0233 e. The van der Waals surface area contributed by atoms with Gasteiger partial charge in [0, 0.05) is 0 Å². The highest BCUT2D eigenvalue weighted by atomic mass is 14.0. The minimum absolute atomic E-state index is 0.538. The molecule has 0 saturated carbocycles. The van der Waals surface area contributed by atoms with Crippen molar-refractivity contribution in [3.8, 4) is 0 Å². The molecule has 0 N–H and O–H groups in total. The molecular formula is C10H19. The summed E-state index contributed by atoms with van der Waals surface area (Å²) in [6.45, 7) is 8.30. The Morgan fingerprint density at radius 3 is 2.60 bits per heavy atom. The van der Waals surface area contributed by atoms with E-state index in [-0.39, 0.29) is 0 Å².